The van der Waals surface area contributed by atoms with Crippen molar-refractivity contribution >= 4 is 54.5 Å². The third-order valence-corrected chi connectivity index (χ3v) is 9.89. The summed E-state index contributed by atoms with van der Waals surface area (Å²) >= 11 is 6.61. The van der Waals surface area contributed by atoms with Gasteiger partial charge in [0, 0.05) is 35.2 Å². The molecule has 1 aliphatic rings. The van der Waals surface area contributed by atoms with E-state index in [2.05, 4.69) is 55.7 Å². The van der Waals surface area contributed by atoms with Crippen LogP contribution in [0.4, 0.5) is 0 Å². The lowest BCUT2D eigenvalue weighted by atomic mass is 9.74. The molecule has 1 fully saturated rings. The molecule has 0 radical (unpaired) electrons. The van der Waals surface area contributed by atoms with Crippen molar-refractivity contribution in [2.45, 2.75) is 24.9 Å². The monoisotopic (exact) mass is 652 g/mol. The van der Waals surface area contributed by atoms with Gasteiger partial charge in [0.2, 0.25) is 4.96 Å². The second-order valence-corrected chi connectivity index (χ2v) is 12.4. The maximum atomic E-state index is 6.36. The maximum absolute atomic E-state index is 6.36. The first kappa shape index (κ1) is 26.4. The highest BCUT2D eigenvalue weighted by atomic mass is 79.9. The van der Waals surface area contributed by atoms with Crippen LogP contribution in [0.3, 0.4) is 0 Å². The number of nitrogens with zero attached hydrogens (tertiary/aromatic N) is 4. The molecule has 0 aliphatic carbocycles. The lowest BCUT2D eigenvalue weighted by molar-refractivity contribution is 0.0629. The molecule has 5 heterocycles. The van der Waals surface area contributed by atoms with Crippen LogP contribution in [0.1, 0.15) is 29.1 Å². The first-order valence-corrected chi connectivity index (χ1v) is 15.5. The molecule has 7 rings (SSSR count). The summed E-state index contributed by atoms with van der Waals surface area (Å²) in [5, 5.41) is 8.99. The van der Waals surface area contributed by atoms with E-state index in [1.54, 1.807) is 36.3 Å². The Hall–Kier alpha value is -3.45. The van der Waals surface area contributed by atoms with E-state index in [0.29, 0.717) is 47.9 Å². The molecular formula is C29H25BrN4O5S2. The van der Waals surface area contributed by atoms with E-state index < -0.39 is 0 Å². The molecule has 1 aliphatic heterocycles. The quantitative estimate of drug-likeness (QED) is 0.172. The minimum absolute atomic E-state index is 0.167. The first-order valence-electron chi connectivity index (χ1n) is 13.0. The Morgan fingerprint density at radius 3 is 2.68 bits per heavy atom. The smallest absolute Gasteiger partial charge is 0.294 e. The predicted molar refractivity (Wildman–Crippen MR) is 161 cm³/mol. The normalized spacial score (nSPS) is 15.0. The summed E-state index contributed by atoms with van der Waals surface area (Å²) < 4.78 is 31.9. The van der Waals surface area contributed by atoms with Gasteiger partial charge in [-0.2, -0.15) is 4.52 Å². The summed E-state index contributed by atoms with van der Waals surface area (Å²) in [6, 6.07) is 14.2. The molecule has 0 bridgehead atoms. The lowest BCUT2D eigenvalue weighted by Crippen LogP contribution is -2.35. The van der Waals surface area contributed by atoms with Crippen LogP contribution in [0.15, 0.2) is 62.9 Å². The standard InChI is InChI=1S/C29H25BrN4O5S2/c1-35-20-11-23(21-13-25(39-24(21)12-20)22-14-31-27-34(22)33-28(36-2)41-27)38-15-19-16-40-26(32-19)29(7-9-37-10-8-29)17-3-5-18(30)6-4-17/h3-6,11-14,16H,7-10,15H2,1-2H3. The van der Waals surface area contributed by atoms with Crippen LogP contribution in [0.2, 0.25) is 0 Å². The van der Waals surface area contributed by atoms with Crippen molar-refractivity contribution < 1.29 is 23.4 Å². The molecule has 1 saturated heterocycles. The number of hydrogen-bond acceptors (Lipinski definition) is 10. The number of methoxy groups -OCH3 is 2. The van der Waals surface area contributed by atoms with E-state index in [9.17, 15) is 0 Å². The Balaban J connectivity index is 1.19. The molecule has 41 heavy (non-hydrogen) atoms. The van der Waals surface area contributed by atoms with E-state index in [1.165, 1.54) is 16.9 Å². The Morgan fingerprint density at radius 1 is 1.07 bits per heavy atom. The summed E-state index contributed by atoms with van der Waals surface area (Å²) in [7, 11) is 3.21. The number of furan rings is 1. The fourth-order valence-electron chi connectivity index (χ4n) is 5.23. The summed E-state index contributed by atoms with van der Waals surface area (Å²) in [4.78, 5) is 10.2. The largest absolute Gasteiger partial charge is 0.496 e. The highest BCUT2D eigenvalue weighted by molar-refractivity contribution is 9.10. The fraction of sp³-hybridized carbons (Fsp3) is 0.276. The van der Waals surface area contributed by atoms with Crippen molar-refractivity contribution in [2.75, 3.05) is 27.4 Å². The van der Waals surface area contributed by atoms with Crippen LogP contribution in [0.25, 0.3) is 27.4 Å². The third kappa shape index (κ3) is 4.78. The van der Waals surface area contributed by atoms with Gasteiger partial charge in [-0.05, 0) is 47.9 Å². The molecule has 0 spiro atoms. The lowest BCUT2D eigenvalue weighted by Gasteiger charge is -2.36. The van der Waals surface area contributed by atoms with Crippen LogP contribution in [-0.2, 0) is 16.8 Å². The van der Waals surface area contributed by atoms with Gasteiger partial charge >= 0.3 is 0 Å². The van der Waals surface area contributed by atoms with Crippen molar-refractivity contribution in [3.05, 3.63) is 74.8 Å². The first-order chi connectivity index (χ1) is 20.1. The Morgan fingerprint density at radius 2 is 1.90 bits per heavy atom. The van der Waals surface area contributed by atoms with Crippen LogP contribution in [0, 0.1) is 0 Å². The summed E-state index contributed by atoms with van der Waals surface area (Å²) in [5.74, 6) is 1.90. The van der Waals surface area contributed by atoms with Gasteiger partial charge in [-0.3, -0.25) is 0 Å². The molecular weight excluding hydrogens is 628 g/mol. The Labute approximate surface area is 251 Å². The van der Waals surface area contributed by atoms with E-state index in [0.717, 1.165) is 44.1 Å². The highest BCUT2D eigenvalue weighted by Crippen LogP contribution is 2.43. The molecule has 0 unspecified atom stereocenters. The van der Waals surface area contributed by atoms with E-state index in [-0.39, 0.29) is 5.41 Å². The summed E-state index contributed by atoms with van der Waals surface area (Å²) in [5.41, 5.74) is 3.33. The van der Waals surface area contributed by atoms with Crippen LogP contribution in [-0.4, -0.2) is 47.0 Å². The zero-order valence-corrected chi connectivity index (χ0v) is 25.5. The minimum atomic E-state index is -0.167. The average Bonchev–Trinajstić information content (AvgIpc) is 3.80. The summed E-state index contributed by atoms with van der Waals surface area (Å²) in [6.45, 7) is 1.74. The van der Waals surface area contributed by atoms with Gasteiger partial charge in [-0.15, -0.1) is 16.4 Å². The SMILES string of the molecule is COc1cc(OCc2csc(C3(c4ccc(Br)cc4)CCOCC3)n2)c2cc(-c3cnc4sc(OC)nn34)oc2c1. The van der Waals surface area contributed by atoms with Crippen LogP contribution in [0.5, 0.6) is 16.7 Å². The molecule has 6 aromatic rings. The second kappa shape index (κ2) is 10.8. The third-order valence-electron chi connectivity index (χ3n) is 7.38. The zero-order chi connectivity index (χ0) is 28.0. The molecule has 9 nitrogen and oxygen atoms in total. The van der Waals surface area contributed by atoms with E-state index in [1.807, 2.05) is 18.2 Å². The van der Waals surface area contributed by atoms with Crippen molar-refractivity contribution in [3.8, 4) is 28.1 Å². The van der Waals surface area contributed by atoms with Gasteiger partial charge in [0.05, 0.1) is 36.9 Å². The number of fused-ring (bicyclic) bond motifs is 2. The van der Waals surface area contributed by atoms with Crippen LogP contribution < -0.4 is 14.2 Å². The number of hydrogen-bond donors (Lipinski definition) is 0. The number of ether oxygens (including phenoxy) is 4. The van der Waals surface area contributed by atoms with Crippen molar-refractivity contribution in [1.29, 1.82) is 0 Å². The molecule has 0 atom stereocenters. The fourth-order valence-corrected chi connectivity index (χ4v) is 7.27. The number of thiazole rings is 1. The molecule has 12 heteroatoms. The topological polar surface area (TPSA) is 93.1 Å². The molecule has 0 saturated carbocycles. The highest BCUT2D eigenvalue weighted by Gasteiger charge is 2.39. The van der Waals surface area contributed by atoms with Gasteiger partial charge < -0.3 is 23.4 Å². The van der Waals surface area contributed by atoms with Crippen molar-refractivity contribution in [1.82, 2.24) is 19.6 Å². The van der Waals surface area contributed by atoms with Gasteiger partial charge in [0.1, 0.15) is 34.4 Å². The second-order valence-electron chi connectivity index (χ2n) is 9.69. The number of benzene rings is 2. The average molecular weight is 654 g/mol. The van der Waals surface area contributed by atoms with Crippen LogP contribution >= 0.6 is 38.6 Å². The predicted octanol–water partition coefficient (Wildman–Crippen LogP) is 7.12. The summed E-state index contributed by atoms with van der Waals surface area (Å²) in [6.07, 6.45) is 3.52. The number of rotatable bonds is 8. The van der Waals surface area contributed by atoms with Gasteiger partial charge in [-0.25, -0.2) is 9.97 Å². The van der Waals surface area contributed by atoms with Gasteiger partial charge in [0.25, 0.3) is 5.19 Å². The Bertz CT molecular complexity index is 1840. The number of halogens is 1. The molecule has 0 N–H and O–H groups in total. The number of imidazole rings is 1. The molecule has 210 valence electrons. The number of aromatic nitrogens is 4. The Kier molecular flexibility index (Phi) is 6.93. The van der Waals surface area contributed by atoms with E-state index >= 15 is 0 Å². The van der Waals surface area contributed by atoms with E-state index in [4.69, 9.17) is 28.3 Å². The van der Waals surface area contributed by atoms with Gasteiger partial charge in [-0.1, -0.05) is 28.1 Å². The van der Waals surface area contributed by atoms with Crippen molar-refractivity contribution in [3.63, 3.8) is 0 Å². The minimum Gasteiger partial charge on any atom is -0.496 e. The zero-order valence-electron chi connectivity index (χ0n) is 22.3. The van der Waals surface area contributed by atoms with Gasteiger partial charge in [0.15, 0.2) is 5.76 Å². The van der Waals surface area contributed by atoms with Crippen molar-refractivity contribution in [2.24, 2.45) is 0 Å². The molecule has 4 aromatic heterocycles. The molecule has 2 aromatic carbocycles. The molecule has 0 amide bonds. The maximum Gasteiger partial charge on any atom is 0.294 e.